The summed E-state index contributed by atoms with van der Waals surface area (Å²) in [6.07, 6.45) is 3.67. The zero-order chi connectivity index (χ0) is 15.1. The third kappa shape index (κ3) is 5.34. The molecule has 1 aliphatic carbocycles. The molecule has 2 rings (SSSR count). The predicted molar refractivity (Wildman–Crippen MR) is 82.1 cm³/mol. The molecule has 1 aliphatic rings. The second kappa shape index (κ2) is 7.97. The lowest BCUT2D eigenvalue weighted by Crippen LogP contribution is -2.38. The highest BCUT2D eigenvalue weighted by Gasteiger charge is 2.20. The van der Waals surface area contributed by atoms with Crippen molar-refractivity contribution >= 4 is 5.96 Å². The first-order chi connectivity index (χ1) is 10.2. The number of nitrogens with zero attached hydrogens (tertiary/aromatic N) is 4. The van der Waals surface area contributed by atoms with Crippen molar-refractivity contribution in [2.24, 2.45) is 18.0 Å². The standard InChI is InChI=1S/C14H26N6O/c1-11-18-19-13(20(11)3)9-17-14(15-2)16-7-4-8-21-10-12-5-6-12/h12H,4-10H2,1-3H3,(H2,15,16,17). The fourth-order valence-electron chi connectivity index (χ4n) is 1.90. The van der Waals surface area contributed by atoms with E-state index in [1.54, 1.807) is 7.05 Å². The average Bonchev–Trinajstić information content (AvgIpc) is 3.26. The van der Waals surface area contributed by atoms with Crippen LogP contribution in [0.1, 0.15) is 30.9 Å². The van der Waals surface area contributed by atoms with Crippen LogP contribution in [0.25, 0.3) is 0 Å². The molecule has 1 aromatic rings. The van der Waals surface area contributed by atoms with Crippen LogP contribution in [0.15, 0.2) is 4.99 Å². The second-order valence-electron chi connectivity index (χ2n) is 5.45. The summed E-state index contributed by atoms with van der Waals surface area (Å²) >= 11 is 0. The maximum atomic E-state index is 5.60. The smallest absolute Gasteiger partial charge is 0.191 e. The first-order valence-electron chi connectivity index (χ1n) is 7.58. The summed E-state index contributed by atoms with van der Waals surface area (Å²) in [5.74, 6) is 3.41. The van der Waals surface area contributed by atoms with Gasteiger partial charge in [-0.25, -0.2) is 0 Å². The fourth-order valence-corrected chi connectivity index (χ4v) is 1.90. The van der Waals surface area contributed by atoms with Crippen LogP contribution in [0, 0.1) is 12.8 Å². The molecule has 21 heavy (non-hydrogen) atoms. The number of aliphatic imine (C=N–C) groups is 1. The zero-order valence-corrected chi connectivity index (χ0v) is 13.2. The highest BCUT2D eigenvalue weighted by Crippen LogP contribution is 2.28. The van der Waals surface area contributed by atoms with Crippen LogP contribution >= 0.6 is 0 Å². The monoisotopic (exact) mass is 294 g/mol. The molecular formula is C14H26N6O. The Labute approximate surface area is 126 Å². The van der Waals surface area contributed by atoms with Crippen molar-refractivity contribution in [2.45, 2.75) is 32.7 Å². The van der Waals surface area contributed by atoms with Gasteiger partial charge in [0.2, 0.25) is 0 Å². The van der Waals surface area contributed by atoms with E-state index in [1.807, 2.05) is 18.5 Å². The van der Waals surface area contributed by atoms with Crippen LogP contribution in [0.3, 0.4) is 0 Å². The van der Waals surface area contributed by atoms with Crippen molar-refractivity contribution < 1.29 is 4.74 Å². The van der Waals surface area contributed by atoms with Crippen molar-refractivity contribution in [3.63, 3.8) is 0 Å². The van der Waals surface area contributed by atoms with Crippen molar-refractivity contribution in [1.82, 2.24) is 25.4 Å². The van der Waals surface area contributed by atoms with E-state index in [0.717, 1.165) is 49.7 Å². The Kier molecular flexibility index (Phi) is 5.98. The van der Waals surface area contributed by atoms with Crippen LogP contribution in [0.2, 0.25) is 0 Å². The molecular weight excluding hydrogens is 268 g/mol. The van der Waals surface area contributed by atoms with E-state index in [0.29, 0.717) is 6.54 Å². The summed E-state index contributed by atoms with van der Waals surface area (Å²) in [5, 5.41) is 14.6. The quantitative estimate of drug-likeness (QED) is 0.417. The first kappa shape index (κ1) is 15.8. The molecule has 0 radical (unpaired) electrons. The molecule has 1 heterocycles. The molecule has 0 aromatic carbocycles. The van der Waals surface area contributed by atoms with Gasteiger partial charge in [0.05, 0.1) is 6.54 Å². The van der Waals surface area contributed by atoms with Gasteiger partial charge >= 0.3 is 0 Å². The van der Waals surface area contributed by atoms with Gasteiger partial charge in [-0.3, -0.25) is 4.99 Å². The lowest BCUT2D eigenvalue weighted by Gasteiger charge is -2.11. The molecule has 0 amide bonds. The first-order valence-corrected chi connectivity index (χ1v) is 7.58. The Balaban J connectivity index is 1.58. The SMILES string of the molecule is CN=C(NCCCOCC1CC1)NCc1nnc(C)n1C. The molecule has 2 N–H and O–H groups in total. The van der Waals surface area contributed by atoms with Gasteiger partial charge in [-0.05, 0) is 32.1 Å². The summed E-state index contributed by atoms with van der Waals surface area (Å²) < 4.78 is 7.56. The van der Waals surface area contributed by atoms with Crippen molar-refractivity contribution in [1.29, 1.82) is 0 Å². The van der Waals surface area contributed by atoms with E-state index < -0.39 is 0 Å². The largest absolute Gasteiger partial charge is 0.381 e. The number of rotatable bonds is 8. The predicted octanol–water partition coefficient (Wildman–Crippen LogP) is 0.605. The Morgan fingerprint density at radius 3 is 2.81 bits per heavy atom. The highest BCUT2D eigenvalue weighted by molar-refractivity contribution is 5.79. The summed E-state index contributed by atoms with van der Waals surface area (Å²) in [6.45, 7) is 5.13. The van der Waals surface area contributed by atoms with Crippen LogP contribution in [0.4, 0.5) is 0 Å². The molecule has 0 bridgehead atoms. The van der Waals surface area contributed by atoms with E-state index in [1.165, 1.54) is 12.8 Å². The summed E-state index contributed by atoms with van der Waals surface area (Å²) in [7, 11) is 3.72. The third-order valence-electron chi connectivity index (χ3n) is 3.63. The number of hydrogen-bond donors (Lipinski definition) is 2. The zero-order valence-electron chi connectivity index (χ0n) is 13.2. The number of hydrogen-bond acceptors (Lipinski definition) is 4. The number of ether oxygens (including phenoxy) is 1. The maximum Gasteiger partial charge on any atom is 0.191 e. The van der Waals surface area contributed by atoms with Crippen LogP contribution in [-0.4, -0.2) is 47.5 Å². The van der Waals surface area contributed by atoms with Gasteiger partial charge in [-0.1, -0.05) is 0 Å². The lowest BCUT2D eigenvalue weighted by atomic mass is 10.4. The van der Waals surface area contributed by atoms with E-state index in [2.05, 4.69) is 25.8 Å². The topological polar surface area (TPSA) is 76.4 Å². The summed E-state index contributed by atoms with van der Waals surface area (Å²) in [6, 6.07) is 0. The summed E-state index contributed by atoms with van der Waals surface area (Å²) in [4.78, 5) is 4.19. The van der Waals surface area contributed by atoms with Gasteiger partial charge < -0.3 is 19.9 Å². The molecule has 1 fully saturated rings. The highest BCUT2D eigenvalue weighted by atomic mass is 16.5. The minimum Gasteiger partial charge on any atom is -0.381 e. The second-order valence-corrected chi connectivity index (χ2v) is 5.45. The van der Waals surface area contributed by atoms with Crippen molar-refractivity contribution in [3.8, 4) is 0 Å². The van der Waals surface area contributed by atoms with Crippen molar-refractivity contribution in [3.05, 3.63) is 11.6 Å². The molecule has 7 nitrogen and oxygen atoms in total. The summed E-state index contributed by atoms with van der Waals surface area (Å²) in [5.41, 5.74) is 0. The van der Waals surface area contributed by atoms with Gasteiger partial charge in [0.1, 0.15) is 5.82 Å². The van der Waals surface area contributed by atoms with Gasteiger partial charge in [0.15, 0.2) is 11.8 Å². The number of guanidine groups is 1. The average molecular weight is 294 g/mol. The molecule has 118 valence electrons. The van der Waals surface area contributed by atoms with Gasteiger partial charge in [-0.2, -0.15) is 0 Å². The molecule has 1 aromatic heterocycles. The Hall–Kier alpha value is -1.63. The molecule has 7 heteroatoms. The van der Waals surface area contributed by atoms with E-state index in [4.69, 9.17) is 4.74 Å². The van der Waals surface area contributed by atoms with Crippen molar-refractivity contribution in [2.75, 3.05) is 26.8 Å². The number of nitrogens with one attached hydrogen (secondary N) is 2. The lowest BCUT2D eigenvalue weighted by molar-refractivity contribution is 0.123. The molecule has 0 aliphatic heterocycles. The van der Waals surface area contributed by atoms with E-state index >= 15 is 0 Å². The Morgan fingerprint density at radius 1 is 1.38 bits per heavy atom. The third-order valence-corrected chi connectivity index (χ3v) is 3.63. The normalized spacial score (nSPS) is 15.3. The minimum atomic E-state index is 0.606. The molecule has 0 unspecified atom stereocenters. The Bertz CT molecular complexity index is 466. The number of aryl methyl sites for hydroxylation is 1. The Morgan fingerprint density at radius 2 is 2.19 bits per heavy atom. The fraction of sp³-hybridized carbons (Fsp3) is 0.786. The maximum absolute atomic E-state index is 5.60. The molecule has 0 spiro atoms. The minimum absolute atomic E-state index is 0.606. The van der Waals surface area contributed by atoms with Crippen LogP contribution in [0.5, 0.6) is 0 Å². The van der Waals surface area contributed by atoms with Crippen LogP contribution < -0.4 is 10.6 Å². The van der Waals surface area contributed by atoms with Gasteiger partial charge in [0, 0.05) is 33.9 Å². The molecule has 0 saturated heterocycles. The van der Waals surface area contributed by atoms with Gasteiger partial charge in [0.25, 0.3) is 0 Å². The van der Waals surface area contributed by atoms with Gasteiger partial charge in [-0.15, -0.1) is 10.2 Å². The van der Waals surface area contributed by atoms with Crippen LogP contribution in [-0.2, 0) is 18.3 Å². The molecule has 1 saturated carbocycles. The van der Waals surface area contributed by atoms with E-state index in [9.17, 15) is 0 Å². The molecule has 0 atom stereocenters. The number of aromatic nitrogens is 3. The van der Waals surface area contributed by atoms with E-state index in [-0.39, 0.29) is 0 Å².